The van der Waals surface area contributed by atoms with Gasteiger partial charge < -0.3 is 10.1 Å². The number of nitrogens with one attached hydrogen (secondary N) is 1. The van der Waals surface area contributed by atoms with Gasteiger partial charge in [0.05, 0.1) is 31.2 Å². The molecule has 31 heavy (non-hydrogen) atoms. The topological polar surface area (TPSA) is 65.4 Å². The number of benzene rings is 1. The van der Waals surface area contributed by atoms with Crippen LogP contribution in [0.4, 0.5) is 4.39 Å². The average Bonchev–Trinajstić information content (AvgIpc) is 3.43. The summed E-state index contributed by atoms with van der Waals surface area (Å²) in [5.74, 6) is 0.178. The third kappa shape index (κ3) is 4.41. The quantitative estimate of drug-likeness (QED) is 0.758. The number of morpholine rings is 1. The van der Waals surface area contributed by atoms with Crippen molar-refractivity contribution in [2.45, 2.75) is 69.0 Å². The van der Waals surface area contributed by atoms with Crippen molar-refractivity contribution in [1.82, 2.24) is 10.2 Å². The number of fused-ring (bicyclic) bond motifs is 3. The number of ketones is 1. The lowest BCUT2D eigenvalue weighted by atomic mass is 9.84. The number of carbonyl (C=O) groups is 1. The van der Waals surface area contributed by atoms with Gasteiger partial charge >= 0.3 is 0 Å². The molecule has 1 aliphatic carbocycles. The summed E-state index contributed by atoms with van der Waals surface area (Å²) in [6.45, 7) is 3.62. The predicted octanol–water partition coefficient (Wildman–Crippen LogP) is 3.19. The van der Waals surface area contributed by atoms with Crippen LogP contribution < -0.4 is 5.32 Å². The van der Waals surface area contributed by atoms with Crippen LogP contribution in [-0.4, -0.2) is 55.1 Å². The molecule has 6 heteroatoms. The van der Waals surface area contributed by atoms with Crippen LogP contribution in [0, 0.1) is 29.0 Å². The van der Waals surface area contributed by atoms with E-state index < -0.39 is 5.92 Å². The molecule has 2 bridgehead atoms. The van der Waals surface area contributed by atoms with Crippen LogP contribution in [0.3, 0.4) is 0 Å². The molecule has 3 saturated heterocycles. The lowest BCUT2D eigenvalue weighted by molar-refractivity contribution is -0.122. The van der Waals surface area contributed by atoms with E-state index in [0.717, 1.165) is 64.0 Å². The Bertz CT molecular complexity index is 869. The van der Waals surface area contributed by atoms with Crippen LogP contribution in [-0.2, 0) is 16.0 Å². The third-order valence-electron chi connectivity index (χ3n) is 8.02. The van der Waals surface area contributed by atoms with E-state index in [1.807, 2.05) is 12.1 Å². The second-order valence-corrected chi connectivity index (χ2v) is 9.95. The van der Waals surface area contributed by atoms with E-state index >= 15 is 0 Å². The highest BCUT2D eigenvalue weighted by Gasteiger charge is 2.42. The largest absolute Gasteiger partial charge is 0.378 e. The van der Waals surface area contributed by atoms with Crippen molar-refractivity contribution in [3.63, 3.8) is 0 Å². The first kappa shape index (κ1) is 21.1. The van der Waals surface area contributed by atoms with Crippen LogP contribution in [0.25, 0.3) is 0 Å². The molecule has 6 atom stereocenters. The Balaban J connectivity index is 1.20. The van der Waals surface area contributed by atoms with E-state index in [4.69, 9.17) is 4.74 Å². The summed E-state index contributed by atoms with van der Waals surface area (Å²) in [6.07, 6.45) is 5.89. The minimum Gasteiger partial charge on any atom is -0.378 e. The molecule has 0 spiro atoms. The van der Waals surface area contributed by atoms with E-state index in [-0.39, 0.29) is 24.1 Å². The van der Waals surface area contributed by atoms with Crippen LogP contribution in [0.5, 0.6) is 0 Å². The van der Waals surface area contributed by atoms with Crippen molar-refractivity contribution in [2.24, 2.45) is 11.8 Å². The number of carbonyl (C=O) groups excluding carboxylic acids is 1. The van der Waals surface area contributed by atoms with Crippen molar-refractivity contribution in [1.29, 1.82) is 5.26 Å². The van der Waals surface area contributed by atoms with E-state index in [1.165, 1.54) is 0 Å². The standard InChI is InChI=1S/C25H32FN3O2/c26-23-13-17(18-5-6-29-7-8-31-15-22(29)12-18)1-2-19(23)9-16(14-27)10-24(30)25-20-3-4-21(11-20)28-25/h1-2,13,16,18,20-22,25,28H,3-12,15H2/t16-,18-,20+,21-,22-,25+/m1/s1. The number of nitrogens with zero attached hydrogens (tertiary/aromatic N) is 2. The normalized spacial score (nSPS) is 33.6. The van der Waals surface area contributed by atoms with E-state index in [2.05, 4.69) is 16.3 Å². The molecule has 5 rings (SSSR count). The number of hydrogen-bond acceptors (Lipinski definition) is 5. The molecule has 3 aliphatic heterocycles. The van der Waals surface area contributed by atoms with E-state index in [9.17, 15) is 14.4 Å². The molecule has 166 valence electrons. The van der Waals surface area contributed by atoms with Gasteiger partial charge in [0.1, 0.15) is 5.82 Å². The van der Waals surface area contributed by atoms with Crippen LogP contribution >= 0.6 is 0 Å². The molecule has 1 aromatic rings. The van der Waals surface area contributed by atoms with Gasteiger partial charge in [0.2, 0.25) is 0 Å². The molecule has 4 fully saturated rings. The maximum Gasteiger partial charge on any atom is 0.151 e. The summed E-state index contributed by atoms with van der Waals surface area (Å²) < 4.78 is 20.6. The summed E-state index contributed by atoms with van der Waals surface area (Å²) in [5.41, 5.74) is 1.59. The fourth-order valence-electron chi connectivity index (χ4n) is 6.27. The van der Waals surface area contributed by atoms with Gasteiger partial charge in [-0.25, -0.2) is 4.39 Å². The molecule has 0 unspecified atom stereocenters. The van der Waals surface area contributed by atoms with Gasteiger partial charge in [-0.05, 0) is 74.1 Å². The highest BCUT2D eigenvalue weighted by molar-refractivity contribution is 5.85. The van der Waals surface area contributed by atoms with Crippen molar-refractivity contribution >= 4 is 5.78 Å². The molecule has 0 amide bonds. The number of hydrogen-bond donors (Lipinski definition) is 1. The predicted molar refractivity (Wildman–Crippen MR) is 115 cm³/mol. The molecular weight excluding hydrogens is 393 g/mol. The highest BCUT2D eigenvalue weighted by Crippen LogP contribution is 2.37. The van der Waals surface area contributed by atoms with E-state index in [0.29, 0.717) is 35.9 Å². The Labute approximate surface area is 183 Å². The molecule has 1 aromatic carbocycles. The van der Waals surface area contributed by atoms with Crippen molar-refractivity contribution in [3.8, 4) is 6.07 Å². The Morgan fingerprint density at radius 3 is 2.94 bits per heavy atom. The fourth-order valence-corrected chi connectivity index (χ4v) is 6.27. The number of piperidine rings is 2. The van der Waals surface area contributed by atoms with Crippen molar-refractivity contribution in [2.75, 3.05) is 26.3 Å². The van der Waals surface area contributed by atoms with E-state index in [1.54, 1.807) is 6.07 Å². The second-order valence-electron chi connectivity index (χ2n) is 9.95. The summed E-state index contributed by atoms with van der Waals surface area (Å²) >= 11 is 0. The summed E-state index contributed by atoms with van der Waals surface area (Å²) in [6, 6.07) is 8.57. The van der Waals surface area contributed by atoms with Gasteiger partial charge in [0.25, 0.3) is 0 Å². The van der Waals surface area contributed by atoms with Gasteiger partial charge in [-0.15, -0.1) is 0 Å². The molecule has 0 radical (unpaired) electrons. The zero-order valence-corrected chi connectivity index (χ0v) is 18.1. The number of Topliss-reactive ketones (excluding diaryl/α,β-unsaturated/α-hetero) is 1. The summed E-state index contributed by atoms with van der Waals surface area (Å²) in [7, 11) is 0. The first-order valence-corrected chi connectivity index (χ1v) is 11.9. The lowest BCUT2D eigenvalue weighted by Gasteiger charge is -2.42. The first-order valence-electron chi connectivity index (χ1n) is 11.9. The molecule has 1 saturated carbocycles. The number of rotatable bonds is 6. The maximum absolute atomic E-state index is 15.0. The minimum atomic E-state index is -0.476. The molecular formula is C25H32FN3O2. The Morgan fingerprint density at radius 2 is 2.19 bits per heavy atom. The number of ether oxygens (including phenoxy) is 1. The minimum absolute atomic E-state index is 0.101. The molecule has 5 nitrogen and oxygen atoms in total. The van der Waals surface area contributed by atoms with Crippen LogP contribution in [0.2, 0.25) is 0 Å². The average molecular weight is 426 g/mol. The SMILES string of the molecule is N#C[C@@H](CC(=O)[C@H]1N[C@@H]2CC[C@H]1C2)Cc1ccc([C@@H]2CCN3CCOC[C@H]3C2)cc1F. The lowest BCUT2D eigenvalue weighted by Crippen LogP contribution is -2.49. The fraction of sp³-hybridized carbons (Fsp3) is 0.680. The maximum atomic E-state index is 15.0. The highest BCUT2D eigenvalue weighted by atomic mass is 19.1. The monoisotopic (exact) mass is 425 g/mol. The van der Waals surface area contributed by atoms with Crippen molar-refractivity contribution < 1.29 is 13.9 Å². The molecule has 3 heterocycles. The Kier molecular flexibility index (Phi) is 6.10. The van der Waals surface area contributed by atoms with Gasteiger partial charge in [-0.2, -0.15) is 5.26 Å². The Hall–Kier alpha value is -1.81. The molecule has 1 N–H and O–H groups in total. The third-order valence-corrected chi connectivity index (χ3v) is 8.02. The van der Waals surface area contributed by atoms with Gasteiger partial charge in [-0.1, -0.05) is 12.1 Å². The van der Waals surface area contributed by atoms with Crippen LogP contribution in [0.1, 0.15) is 55.6 Å². The summed E-state index contributed by atoms with van der Waals surface area (Å²) in [5, 5.41) is 13.0. The van der Waals surface area contributed by atoms with Crippen LogP contribution in [0.15, 0.2) is 18.2 Å². The second kappa shape index (κ2) is 8.97. The smallest absolute Gasteiger partial charge is 0.151 e. The van der Waals surface area contributed by atoms with Gasteiger partial charge in [0, 0.05) is 25.0 Å². The number of nitriles is 1. The van der Waals surface area contributed by atoms with Gasteiger partial charge in [-0.3, -0.25) is 9.69 Å². The first-order chi connectivity index (χ1) is 15.1. The van der Waals surface area contributed by atoms with Crippen molar-refractivity contribution in [3.05, 3.63) is 35.1 Å². The molecule has 0 aromatic heterocycles. The zero-order chi connectivity index (χ0) is 21.4. The van der Waals surface area contributed by atoms with Gasteiger partial charge in [0.15, 0.2) is 5.78 Å². The zero-order valence-electron chi connectivity index (χ0n) is 18.1. The molecule has 4 aliphatic rings. The summed E-state index contributed by atoms with van der Waals surface area (Å²) in [4.78, 5) is 15.2. The number of halogens is 1. The Morgan fingerprint density at radius 1 is 1.29 bits per heavy atom.